The first kappa shape index (κ1) is 19.4. The highest BCUT2D eigenvalue weighted by atomic mass is 35.5. The van der Waals surface area contributed by atoms with Crippen LogP contribution in [-0.2, 0) is 6.54 Å². The molecule has 1 aromatic heterocycles. The lowest BCUT2D eigenvalue weighted by molar-refractivity contribution is 0.193. The first-order chi connectivity index (χ1) is 12.9. The van der Waals surface area contributed by atoms with E-state index in [0.29, 0.717) is 17.3 Å². The molecule has 0 saturated carbocycles. The molecule has 140 valence electrons. The van der Waals surface area contributed by atoms with Crippen molar-refractivity contribution in [3.05, 3.63) is 70.2 Å². The van der Waals surface area contributed by atoms with Crippen LogP contribution in [-0.4, -0.2) is 22.0 Å². The lowest BCUT2D eigenvalue weighted by Gasteiger charge is -2.27. The molecule has 0 aliphatic heterocycles. The van der Waals surface area contributed by atoms with Gasteiger partial charge in [-0.15, -0.1) is 11.3 Å². The third-order valence-electron chi connectivity index (χ3n) is 4.27. The molecule has 2 amide bonds. The molecule has 1 heterocycles. The molecule has 0 spiro atoms. The Hall–Kier alpha value is -2.37. The lowest BCUT2D eigenvalue weighted by atomic mass is 10.1. The van der Waals surface area contributed by atoms with Crippen molar-refractivity contribution < 1.29 is 4.79 Å². The fourth-order valence-electron chi connectivity index (χ4n) is 2.72. The lowest BCUT2D eigenvalue weighted by Crippen LogP contribution is -2.39. The van der Waals surface area contributed by atoms with Gasteiger partial charge in [-0.2, -0.15) is 0 Å². The molecular weight excluding hydrogens is 378 g/mol. The summed E-state index contributed by atoms with van der Waals surface area (Å²) >= 11 is 7.77. The molecule has 0 aliphatic carbocycles. The first-order valence-corrected chi connectivity index (χ1v) is 10.0. The molecule has 1 N–H and O–H groups in total. The van der Waals surface area contributed by atoms with Crippen molar-refractivity contribution in [2.45, 2.75) is 33.4 Å². The summed E-state index contributed by atoms with van der Waals surface area (Å²) in [5, 5.41) is 6.52. The molecule has 0 fully saturated rings. The van der Waals surface area contributed by atoms with Gasteiger partial charge in [-0.1, -0.05) is 35.9 Å². The van der Waals surface area contributed by atoms with Crippen LogP contribution < -0.4 is 5.32 Å². The monoisotopic (exact) mass is 399 g/mol. The van der Waals surface area contributed by atoms with E-state index in [-0.39, 0.29) is 12.1 Å². The van der Waals surface area contributed by atoms with E-state index in [1.54, 1.807) is 28.5 Å². The number of hydrogen-bond acceptors (Lipinski definition) is 3. The van der Waals surface area contributed by atoms with E-state index < -0.39 is 0 Å². The SMILES string of the molecule is Cc1ccc(NC(=O)N(Cc2cccc(-c3nccs3)c2)C(C)C)cc1Cl. The smallest absolute Gasteiger partial charge is 0.318 e. The molecule has 4 nitrogen and oxygen atoms in total. The molecule has 0 atom stereocenters. The number of aryl methyl sites for hydroxylation is 1. The number of carbonyl (C=O) groups excluding carboxylic acids is 1. The van der Waals surface area contributed by atoms with E-state index in [1.807, 2.05) is 56.5 Å². The van der Waals surface area contributed by atoms with Crippen molar-refractivity contribution in [1.82, 2.24) is 9.88 Å². The number of nitrogens with zero attached hydrogens (tertiary/aromatic N) is 2. The average Bonchev–Trinajstić information content (AvgIpc) is 3.17. The maximum atomic E-state index is 12.8. The number of nitrogens with one attached hydrogen (secondary N) is 1. The van der Waals surface area contributed by atoms with Gasteiger partial charge in [0.05, 0.1) is 0 Å². The van der Waals surface area contributed by atoms with Crippen molar-refractivity contribution in [3.8, 4) is 10.6 Å². The van der Waals surface area contributed by atoms with Gasteiger partial charge in [0.1, 0.15) is 5.01 Å². The van der Waals surface area contributed by atoms with Crippen molar-refractivity contribution in [2.75, 3.05) is 5.32 Å². The van der Waals surface area contributed by atoms with Crippen molar-refractivity contribution >= 4 is 34.7 Å². The van der Waals surface area contributed by atoms with Gasteiger partial charge in [-0.05, 0) is 50.1 Å². The number of urea groups is 1. The molecule has 3 rings (SSSR count). The van der Waals surface area contributed by atoms with Crippen LogP contribution in [0.25, 0.3) is 10.6 Å². The van der Waals surface area contributed by atoms with Crippen LogP contribution in [0.5, 0.6) is 0 Å². The normalized spacial score (nSPS) is 10.9. The highest BCUT2D eigenvalue weighted by Crippen LogP contribution is 2.24. The molecule has 0 unspecified atom stereocenters. The van der Waals surface area contributed by atoms with E-state index in [2.05, 4.69) is 16.4 Å². The molecule has 27 heavy (non-hydrogen) atoms. The minimum absolute atomic E-state index is 0.0504. The number of hydrogen-bond donors (Lipinski definition) is 1. The fourth-order valence-corrected chi connectivity index (χ4v) is 3.54. The Bertz CT molecular complexity index is 925. The van der Waals surface area contributed by atoms with Crippen LogP contribution in [0.4, 0.5) is 10.5 Å². The Morgan fingerprint density at radius 1 is 1.26 bits per heavy atom. The molecule has 3 aromatic rings. The standard InChI is InChI=1S/C21H22ClN3OS/c1-14(2)25(21(26)24-18-8-7-15(3)19(22)12-18)13-16-5-4-6-17(11-16)20-23-9-10-27-20/h4-12,14H,13H2,1-3H3,(H,24,26). The molecule has 0 bridgehead atoms. The Morgan fingerprint density at radius 2 is 2.07 bits per heavy atom. The molecule has 2 aromatic carbocycles. The number of benzene rings is 2. The molecule has 6 heteroatoms. The molecular formula is C21H22ClN3OS. The summed E-state index contributed by atoms with van der Waals surface area (Å²) in [7, 11) is 0. The van der Waals surface area contributed by atoms with Gasteiger partial charge in [0.2, 0.25) is 0 Å². The second-order valence-corrected chi connectivity index (χ2v) is 7.96. The summed E-state index contributed by atoms with van der Waals surface area (Å²) in [5.41, 5.74) is 3.80. The maximum absolute atomic E-state index is 12.8. The topological polar surface area (TPSA) is 45.2 Å². The number of rotatable bonds is 5. The van der Waals surface area contributed by atoms with E-state index in [0.717, 1.165) is 21.7 Å². The number of carbonyl (C=O) groups is 1. The third-order valence-corrected chi connectivity index (χ3v) is 5.50. The number of thiazole rings is 1. The summed E-state index contributed by atoms with van der Waals surface area (Å²) in [6, 6.07) is 13.6. The highest BCUT2D eigenvalue weighted by Gasteiger charge is 2.18. The maximum Gasteiger partial charge on any atom is 0.322 e. The highest BCUT2D eigenvalue weighted by molar-refractivity contribution is 7.13. The molecule has 0 radical (unpaired) electrons. The van der Waals surface area contributed by atoms with Crippen LogP contribution in [0.15, 0.2) is 54.0 Å². The molecule has 0 aliphatic rings. The summed E-state index contributed by atoms with van der Waals surface area (Å²) in [4.78, 5) is 19.0. The zero-order chi connectivity index (χ0) is 19.4. The van der Waals surface area contributed by atoms with Gasteiger partial charge in [0.15, 0.2) is 0 Å². The van der Waals surface area contributed by atoms with Gasteiger partial charge in [-0.25, -0.2) is 9.78 Å². The molecule has 0 saturated heterocycles. The largest absolute Gasteiger partial charge is 0.322 e. The minimum atomic E-state index is -0.149. The summed E-state index contributed by atoms with van der Waals surface area (Å²) in [6.45, 7) is 6.46. The van der Waals surface area contributed by atoms with Crippen LogP contribution in [0, 0.1) is 6.92 Å². The van der Waals surface area contributed by atoms with Crippen LogP contribution in [0.1, 0.15) is 25.0 Å². The average molecular weight is 400 g/mol. The summed E-state index contributed by atoms with van der Waals surface area (Å²) in [5.74, 6) is 0. The van der Waals surface area contributed by atoms with Gasteiger partial charge >= 0.3 is 6.03 Å². The van der Waals surface area contributed by atoms with E-state index in [4.69, 9.17) is 11.6 Å². The van der Waals surface area contributed by atoms with Gasteiger partial charge in [-0.3, -0.25) is 0 Å². The zero-order valence-corrected chi connectivity index (χ0v) is 17.1. The summed E-state index contributed by atoms with van der Waals surface area (Å²) in [6.07, 6.45) is 1.80. The van der Waals surface area contributed by atoms with Crippen LogP contribution >= 0.6 is 22.9 Å². The zero-order valence-electron chi connectivity index (χ0n) is 15.6. The fraction of sp³-hybridized carbons (Fsp3) is 0.238. The van der Waals surface area contributed by atoms with Gasteiger partial charge < -0.3 is 10.2 Å². The van der Waals surface area contributed by atoms with Crippen molar-refractivity contribution in [2.24, 2.45) is 0 Å². The third kappa shape index (κ3) is 4.87. The van der Waals surface area contributed by atoms with E-state index >= 15 is 0 Å². The van der Waals surface area contributed by atoms with Gasteiger partial charge in [0.25, 0.3) is 0 Å². The Balaban J connectivity index is 1.76. The number of anilines is 1. The minimum Gasteiger partial charge on any atom is -0.318 e. The Kier molecular flexibility index (Phi) is 6.14. The number of halogens is 1. The predicted octanol–water partition coefficient (Wildman–Crippen LogP) is 6.21. The Labute approximate surface area is 168 Å². The van der Waals surface area contributed by atoms with Gasteiger partial charge in [0, 0.05) is 40.4 Å². The Morgan fingerprint density at radius 3 is 2.74 bits per heavy atom. The second kappa shape index (κ2) is 8.55. The summed E-state index contributed by atoms with van der Waals surface area (Å²) < 4.78 is 0. The van der Waals surface area contributed by atoms with Crippen LogP contribution in [0.3, 0.4) is 0 Å². The second-order valence-electron chi connectivity index (χ2n) is 6.65. The van der Waals surface area contributed by atoms with E-state index in [9.17, 15) is 4.79 Å². The quantitative estimate of drug-likeness (QED) is 0.553. The van der Waals surface area contributed by atoms with E-state index in [1.165, 1.54) is 0 Å². The van der Waals surface area contributed by atoms with Crippen molar-refractivity contribution in [3.63, 3.8) is 0 Å². The van der Waals surface area contributed by atoms with Crippen LogP contribution in [0.2, 0.25) is 5.02 Å². The number of aromatic nitrogens is 1. The number of amides is 2. The first-order valence-electron chi connectivity index (χ1n) is 8.76. The van der Waals surface area contributed by atoms with Crippen molar-refractivity contribution in [1.29, 1.82) is 0 Å². The predicted molar refractivity (Wildman–Crippen MR) is 113 cm³/mol.